The average Bonchev–Trinajstić information content (AvgIpc) is 1.68. The quantitative estimate of drug-likeness (QED) is 0.0214. The number of hydrogen-bond acceptors (Lipinski definition) is 19. The summed E-state index contributed by atoms with van der Waals surface area (Å²) < 4.78 is 0. The predicted octanol–water partition coefficient (Wildman–Crippen LogP) is -0.669. The molecule has 0 aliphatic carbocycles. The van der Waals surface area contributed by atoms with Crippen LogP contribution in [0.1, 0.15) is 106 Å². The Morgan fingerprint density at radius 3 is 1.56 bits per heavy atom. The molecule has 19 N–H and O–H groups in total. The monoisotopic (exact) mass is 1530 g/mol. The molecule has 9 rings (SSSR count). The van der Waals surface area contributed by atoms with E-state index in [0.29, 0.717) is 60.1 Å². The number of H-pyrrole nitrogens is 2. The molecule has 111 heavy (non-hydrogen) atoms. The van der Waals surface area contributed by atoms with Gasteiger partial charge in [-0.25, -0.2) is 9.78 Å². The molecule has 0 spiro atoms. The van der Waals surface area contributed by atoms with Crippen LogP contribution in [0.25, 0.3) is 10.9 Å². The van der Waals surface area contributed by atoms with Crippen molar-refractivity contribution >= 4 is 87.8 Å². The van der Waals surface area contributed by atoms with Crippen molar-refractivity contribution in [1.82, 2.24) is 72.2 Å². The third-order valence-corrected chi connectivity index (χ3v) is 20.1. The number of carboxylic acids is 2. The fraction of sp³-hybridized carbons (Fsp3) is 0.455. The van der Waals surface area contributed by atoms with Crippen LogP contribution in [-0.4, -0.2) is 237 Å². The molecule has 34 nitrogen and oxygen atoms in total. The Morgan fingerprint density at radius 2 is 1.00 bits per heavy atom. The summed E-state index contributed by atoms with van der Waals surface area (Å²) in [5.41, 5.74) is 15.2. The summed E-state index contributed by atoms with van der Waals surface area (Å²) >= 11 is 0. The number of aliphatic carboxylic acids is 2. The molecule has 3 aliphatic rings. The first-order valence-electron chi connectivity index (χ1n) is 37.2. The lowest BCUT2D eigenvalue weighted by atomic mass is 9.99. The summed E-state index contributed by atoms with van der Waals surface area (Å²) in [6.07, 6.45) is 5.21. The molecule has 11 amide bonds. The number of nitrogens with two attached hydrogens (primary N) is 2. The van der Waals surface area contributed by atoms with E-state index in [1.165, 1.54) is 69.6 Å². The number of aromatic amines is 2. The maximum Gasteiger partial charge on any atom is 0.326 e. The zero-order valence-corrected chi connectivity index (χ0v) is 61.7. The number of phenolic OH excluding ortho intramolecular Hbond substituents is 2. The summed E-state index contributed by atoms with van der Waals surface area (Å²) in [4.78, 5) is 198. The van der Waals surface area contributed by atoms with E-state index in [1.807, 2.05) is 18.2 Å². The minimum atomic E-state index is -1.80. The zero-order chi connectivity index (χ0) is 80.0. The first kappa shape index (κ1) is 83.3. The molecule has 0 bridgehead atoms. The van der Waals surface area contributed by atoms with Gasteiger partial charge in [0, 0.05) is 75.0 Å². The second kappa shape index (κ2) is 39.5. The van der Waals surface area contributed by atoms with Crippen LogP contribution in [0, 0.1) is 5.92 Å². The Bertz CT molecular complexity index is 4260. The van der Waals surface area contributed by atoms with E-state index >= 15 is 9.59 Å². The molecule has 0 saturated carbocycles. The number of aromatic nitrogens is 3. The highest BCUT2D eigenvalue weighted by atomic mass is 16.4. The normalized spacial score (nSPS) is 17.9. The van der Waals surface area contributed by atoms with Crippen molar-refractivity contribution < 1.29 is 87.9 Å². The molecule has 4 aromatic carbocycles. The highest BCUT2D eigenvalue weighted by molar-refractivity contribution is 6.01. The van der Waals surface area contributed by atoms with Gasteiger partial charge in [-0.05, 0) is 123 Å². The van der Waals surface area contributed by atoms with Gasteiger partial charge in [0.25, 0.3) is 0 Å². The summed E-state index contributed by atoms with van der Waals surface area (Å²) in [5.74, 6) is -13.1. The highest BCUT2D eigenvalue weighted by Crippen LogP contribution is 2.30. The van der Waals surface area contributed by atoms with E-state index in [1.54, 1.807) is 62.6 Å². The van der Waals surface area contributed by atoms with Gasteiger partial charge < -0.3 is 104 Å². The molecule has 0 radical (unpaired) electrons. The van der Waals surface area contributed by atoms with Crippen molar-refractivity contribution in [3.05, 3.63) is 150 Å². The molecular weight excluding hydrogens is 1440 g/mol. The number of unbranched alkanes of at least 4 members (excludes halogenated alkanes) is 1. The number of benzene rings is 4. The molecule has 3 fully saturated rings. The van der Waals surface area contributed by atoms with Gasteiger partial charge in [0.2, 0.25) is 65.0 Å². The largest absolute Gasteiger partial charge is 0.508 e. The van der Waals surface area contributed by atoms with Gasteiger partial charge in [0.05, 0.1) is 31.1 Å². The number of imidazole rings is 1. The van der Waals surface area contributed by atoms with Gasteiger partial charge >= 0.3 is 11.9 Å². The van der Waals surface area contributed by atoms with Crippen molar-refractivity contribution in [2.24, 2.45) is 17.4 Å². The van der Waals surface area contributed by atoms with E-state index in [-0.39, 0.29) is 95.5 Å². The molecule has 2 aromatic heterocycles. The summed E-state index contributed by atoms with van der Waals surface area (Å²) in [5, 5.41) is 72.6. The molecule has 12 atom stereocenters. The fourth-order valence-corrected chi connectivity index (χ4v) is 14.1. The van der Waals surface area contributed by atoms with E-state index in [0.717, 1.165) is 10.9 Å². The van der Waals surface area contributed by atoms with E-state index in [9.17, 15) is 78.3 Å². The highest BCUT2D eigenvalue weighted by Gasteiger charge is 2.48. The van der Waals surface area contributed by atoms with Gasteiger partial charge in [-0.15, -0.1) is 0 Å². The standard InChI is InChI=1S/C77H98N16O18/c1-43(2)65(90-71(104)60(41-94)89-68(101)56(34-45-21-25-49(95)26-22-45)85-69(102)57(36-47-39-81-53-16-7-6-15-51(47)53)84-66(99)52(79)37-48-40-80-42-82-48)73(106)88-59(35-46-23-27-50(96)28-24-46)74(107)92-31-11-19-62(92)76(109)93-32-12-20-63(93)75(108)91-30-10-18-61(91)72(105)87-58(38-64(97)98)70(103)86-55(33-44-13-4-3-5-14-44)67(100)83-54(77(110)111)17-8-9-29-78/h3-7,13-16,21-28,39-40,42-43,52,54-63,65,81,94-96H,8-12,17-20,29-38,41,78-79H2,1-2H3,(H,80,82)(H,83,100)(H,84,99)(H,85,102)(H,86,103)(H,87,105)(H,88,106)(H,89,101)(H,90,104)(H,97,98)(H,110,111)/t52-,54-,55-,56-,57-,58-,59-,60-,61-,62-,63-,65-/m0/s1. The van der Waals surface area contributed by atoms with Gasteiger partial charge in [0.15, 0.2) is 0 Å². The number of carbonyl (C=O) groups is 13. The van der Waals surface area contributed by atoms with Crippen molar-refractivity contribution in [2.75, 3.05) is 32.8 Å². The zero-order valence-electron chi connectivity index (χ0n) is 61.7. The minimum absolute atomic E-state index is 0.00965. The van der Waals surface area contributed by atoms with Crippen LogP contribution < -0.4 is 54.0 Å². The first-order chi connectivity index (χ1) is 53.2. The van der Waals surface area contributed by atoms with Crippen LogP contribution in [0.2, 0.25) is 0 Å². The van der Waals surface area contributed by atoms with Crippen LogP contribution in [0.15, 0.2) is 122 Å². The number of aliphatic hydroxyl groups excluding tert-OH is 1. The lowest BCUT2D eigenvalue weighted by Gasteiger charge is -2.35. The van der Waals surface area contributed by atoms with Crippen LogP contribution in [0.5, 0.6) is 11.5 Å². The maximum absolute atomic E-state index is 15.2. The number of amides is 11. The number of aromatic hydroxyl groups is 2. The summed E-state index contributed by atoms with van der Waals surface area (Å²) in [6.45, 7) is 2.55. The van der Waals surface area contributed by atoms with Gasteiger partial charge in [-0.1, -0.05) is 86.6 Å². The SMILES string of the molecule is CC(C)[C@H](NC(=O)[C@H](CO)NC(=O)[C@H](Cc1ccc(O)cc1)NC(=O)[C@H](Cc1c[nH]c2ccccc12)NC(=O)[C@@H](N)Cc1c[nH]cn1)C(=O)N[C@@H](Cc1ccc(O)cc1)C(=O)N1CCC[C@H]1C(=O)N1CCC[C@H]1C(=O)N1CCC[C@H]1C(=O)N[C@@H](CC(=O)O)C(=O)N[C@@H](Cc1ccccc1)C(=O)N[C@@H](CCCCN)C(=O)O. The third-order valence-electron chi connectivity index (χ3n) is 20.1. The number of phenols is 2. The van der Waals surface area contributed by atoms with Crippen molar-refractivity contribution in [1.29, 1.82) is 0 Å². The van der Waals surface area contributed by atoms with Crippen LogP contribution in [0.3, 0.4) is 0 Å². The summed E-state index contributed by atoms with van der Waals surface area (Å²) in [6, 6.07) is 10.3. The number of carbonyl (C=O) groups excluding carboxylic acids is 11. The minimum Gasteiger partial charge on any atom is -0.508 e. The second-order valence-corrected chi connectivity index (χ2v) is 28.5. The number of likely N-dealkylation sites (tertiary alicyclic amines) is 3. The number of aliphatic hydroxyl groups is 1. The lowest BCUT2D eigenvalue weighted by Crippen LogP contribution is -2.62. The Hall–Kier alpha value is -11.8. The van der Waals surface area contributed by atoms with Crippen molar-refractivity contribution in [3.63, 3.8) is 0 Å². The Labute approximate surface area is 639 Å². The van der Waals surface area contributed by atoms with Gasteiger partial charge in [-0.3, -0.25) is 57.5 Å². The van der Waals surface area contributed by atoms with Crippen LogP contribution in [0.4, 0.5) is 0 Å². The number of nitrogens with one attached hydrogen (secondary N) is 10. The number of rotatable bonds is 38. The Balaban J connectivity index is 0.874. The number of para-hydroxylation sites is 1. The Kier molecular flexibility index (Phi) is 29.7. The first-order valence-corrected chi connectivity index (χ1v) is 37.2. The average molecular weight is 1540 g/mol. The van der Waals surface area contributed by atoms with Crippen molar-refractivity contribution in [2.45, 2.75) is 183 Å². The molecule has 3 saturated heterocycles. The number of nitrogens with zero attached hydrogens (tertiary/aromatic N) is 4. The van der Waals surface area contributed by atoms with E-state index in [2.05, 4.69) is 57.5 Å². The molecule has 34 heteroatoms. The molecule has 0 unspecified atom stereocenters. The Morgan fingerprint density at radius 1 is 0.514 bits per heavy atom. The summed E-state index contributed by atoms with van der Waals surface area (Å²) in [7, 11) is 0. The number of carboxylic acid groups (broad SMARTS) is 2. The fourth-order valence-electron chi connectivity index (χ4n) is 14.1. The van der Waals surface area contributed by atoms with Gasteiger partial charge in [-0.2, -0.15) is 0 Å². The van der Waals surface area contributed by atoms with Crippen LogP contribution in [-0.2, 0) is 94.4 Å². The smallest absolute Gasteiger partial charge is 0.326 e. The number of hydrogen-bond donors (Lipinski definition) is 17. The molecule has 594 valence electrons. The van der Waals surface area contributed by atoms with Gasteiger partial charge in [0.1, 0.15) is 78.0 Å². The maximum atomic E-state index is 15.2. The third kappa shape index (κ3) is 22.7. The molecule has 6 aromatic rings. The lowest BCUT2D eigenvalue weighted by molar-refractivity contribution is -0.151. The topological polar surface area (TPSA) is 526 Å². The molecule has 5 heterocycles. The molecular formula is C77H98N16O18. The molecule has 3 aliphatic heterocycles. The van der Waals surface area contributed by atoms with E-state index < -0.39 is 168 Å². The number of fused-ring (bicyclic) bond motifs is 1. The predicted molar refractivity (Wildman–Crippen MR) is 400 cm³/mol. The van der Waals surface area contributed by atoms with E-state index in [4.69, 9.17) is 11.5 Å². The second-order valence-electron chi connectivity index (χ2n) is 28.5. The van der Waals surface area contributed by atoms with Crippen LogP contribution >= 0.6 is 0 Å². The van der Waals surface area contributed by atoms with Crippen molar-refractivity contribution in [3.8, 4) is 11.5 Å².